The second-order valence-corrected chi connectivity index (χ2v) is 3.90. The number of benzene rings is 1. The zero-order valence-electron chi connectivity index (χ0n) is 9.63. The van der Waals surface area contributed by atoms with Crippen molar-refractivity contribution < 1.29 is 18.6 Å². The van der Waals surface area contributed by atoms with Crippen LogP contribution in [0.5, 0.6) is 0 Å². The lowest BCUT2D eigenvalue weighted by molar-refractivity contribution is 0.0543. The first-order valence-corrected chi connectivity index (χ1v) is 5.12. The highest BCUT2D eigenvalue weighted by atomic mass is 19.2. The Kier molecular flexibility index (Phi) is 4.38. The van der Waals surface area contributed by atoms with Crippen LogP contribution in [0.25, 0.3) is 0 Å². The topological polar surface area (TPSA) is 29.5 Å². The van der Waals surface area contributed by atoms with Gasteiger partial charge in [-0.3, -0.25) is 0 Å². The molecule has 0 fully saturated rings. The van der Waals surface area contributed by atoms with E-state index in [1.54, 1.807) is 6.92 Å². The fraction of sp³-hybridized carbons (Fsp3) is 0.500. The molecule has 1 aromatic carbocycles. The number of methoxy groups -OCH3 is 1. The molecule has 2 atom stereocenters. The molecule has 0 saturated carbocycles. The number of aliphatic hydroxyl groups is 1. The van der Waals surface area contributed by atoms with Gasteiger partial charge in [0.1, 0.15) is 0 Å². The molecule has 0 bridgehead atoms. The molecule has 0 saturated heterocycles. The molecule has 4 heteroatoms. The Labute approximate surface area is 93.9 Å². The third-order valence-corrected chi connectivity index (χ3v) is 2.62. The number of rotatable bonds is 4. The van der Waals surface area contributed by atoms with E-state index in [2.05, 4.69) is 0 Å². The van der Waals surface area contributed by atoms with E-state index in [0.717, 1.165) is 0 Å². The minimum Gasteiger partial charge on any atom is -0.388 e. The van der Waals surface area contributed by atoms with Gasteiger partial charge in [-0.05, 0) is 19.4 Å². The normalized spacial score (nSPS) is 14.9. The second kappa shape index (κ2) is 5.37. The Hall–Kier alpha value is -1.00. The molecule has 2 nitrogen and oxygen atoms in total. The van der Waals surface area contributed by atoms with E-state index < -0.39 is 17.7 Å². The summed E-state index contributed by atoms with van der Waals surface area (Å²) in [6.45, 7) is 3.23. The molecular formula is C12H16F2O2. The summed E-state index contributed by atoms with van der Waals surface area (Å²) in [5, 5.41) is 9.73. The van der Waals surface area contributed by atoms with Crippen LogP contribution in [-0.4, -0.2) is 18.3 Å². The summed E-state index contributed by atoms with van der Waals surface area (Å²) in [6.07, 6.45) is -1.03. The van der Waals surface area contributed by atoms with E-state index in [1.807, 2.05) is 0 Å². The fourth-order valence-corrected chi connectivity index (χ4v) is 1.46. The van der Waals surface area contributed by atoms with Gasteiger partial charge in [0, 0.05) is 19.1 Å². The van der Waals surface area contributed by atoms with Crippen molar-refractivity contribution in [2.45, 2.75) is 32.5 Å². The van der Waals surface area contributed by atoms with Crippen LogP contribution in [-0.2, 0) is 4.74 Å². The van der Waals surface area contributed by atoms with E-state index in [9.17, 15) is 13.9 Å². The van der Waals surface area contributed by atoms with Gasteiger partial charge in [0.25, 0.3) is 0 Å². The average molecular weight is 230 g/mol. The van der Waals surface area contributed by atoms with Gasteiger partial charge in [-0.2, -0.15) is 0 Å². The molecule has 0 heterocycles. The number of hydrogen-bond acceptors (Lipinski definition) is 2. The van der Waals surface area contributed by atoms with Crippen molar-refractivity contribution in [3.05, 3.63) is 34.9 Å². The van der Waals surface area contributed by atoms with Crippen LogP contribution in [0.4, 0.5) is 8.78 Å². The SMILES string of the molecule is COC(C)CC(O)c1ccc(C)c(F)c1F. The van der Waals surface area contributed by atoms with Crippen molar-refractivity contribution >= 4 is 0 Å². The van der Waals surface area contributed by atoms with E-state index in [0.29, 0.717) is 0 Å². The highest BCUT2D eigenvalue weighted by molar-refractivity contribution is 5.27. The second-order valence-electron chi connectivity index (χ2n) is 3.90. The van der Waals surface area contributed by atoms with Crippen LogP contribution in [0, 0.1) is 18.6 Å². The largest absolute Gasteiger partial charge is 0.388 e. The molecule has 0 aromatic heterocycles. The molecule has 90 valence electrons. The van der Waals surface area contributed by atoms with Crippen molar-refractivity contribution in [1.82, 2.24) is 0 Å². The Morgan fingerprint density at radius 1 is 1.31 bits per heavy atom. The fourth-order valence-electron chi connectivity index (χ4n) is 1.46. The summed E-state index contributed by atoms with van der Waals surface area (Å²) in [4.78, 5) is 0. The Balaban J connectivity index is 2.92. The number of aliphatic hydroxyl groups excluding tert-OH is 1. The van der Waals surface area contributed by atoms with Gasteiger partial charge in [-0.25, -0.2) is 8.78 Å². The lowest BCUT2D eigenvalue weighted by Gasteiger charge is -2.16. The monoisotopic (exact) mass is 230 g/mol. The van der Waals surface area contributed by atoms with Gasteiger partial charge >= 0.3 is 0 Å². The summed E-state index contributed by atoms with van der Waals surface area (Å²) < 4.78 is 31.7. The van der Waals surface area contributed by atoms with Crippen LogP contribution in [0.1, 0.15) is 30.6 Å². The van der Waals surface area contributed by atoms with Crippen molar-refractivity contribution in [3.8, 4) is 0 Å². The van der Waals surface area contributed by atoms with Crippen LogP contribution in [0.3, 0.4) is 0 Å². The van der Waals surface area contributed by atoms with Crippen LogP contribution >= 0.6 is 0 Å². The summed E-state index contributed by atoms with van der Waals surface area (Å²) in [5.74, 6) is -1.88. The van der Waals surface area contributed by atoms with Gasteiger partial charge in [-0.15, -0.1) is 0 Å². The number of halogens is 2. The highest BCUT2D eigenvalue weighted by Gasteiger charge is 2.19. The van der Waals surface area contributed by atoms with E-state index in [4.69, 9.17) is 4.74 Å². The number of hydrogen-bond donors (Lipinski definition) is 1. The minimum atomic E-state index is -1.05. The van der Waals surface area contributed by atoms with Gasteiger partial charge in [0.05, 0.1) is 12.2 Å². The van der Waals surface area contributed by atoms with Crippen LogP contribution < -0.4 is 0 Å². The third-order valence-electron chi connectivity index (χ3n) is 2.62. The van der Waals surface area contributed by atoms with Gasteiger partial charge in [0.2, 0.25) is 0 Å². The molecular weight excluding hydrogens is 214 g/mol. The summed E-state index contributed by atoms with van der Waals surface area (Å²) in [7, 11) is 1.50. The number of ether oxygens (including phenoxy) is 1. The molecule has 1 N–H and O–H groups in total. The van der Waals surface area contributed by atoms with Crippen molar-refractivity contribution in [1.29, 1.82) is 0 Å². The molecule has 0 amide bonds. The van der Waals surface area contributed by atoms with Crippen molar-refractivity contribution in [2.24, 2.45) is 0 Å². The molecule has 1 rings (SSSR count). The summed E-state index contributed by atoms with van der Waals surface area (Å²) in [5.41, 5.74) is 0.209. The third kappa shape index (κ3) is 2.77. The summed E-state index contributed by atoms with van der Waals surface area (Å²) >= 11 is 0. The molecule has 1 aromatic rings. The van der Waals surface area contributed by atoms with E-state index >= 15 is 0 Å². The average Bonchev–Trinajstić information content (AvgIpc) is 2.25. The predicted molar refractivity (Wildman–Crippen MR) is 57.1 cm³/mol. The zero-order chi connectivity index (χ0) is 12.3. The molecule has 0 aliphatic carbocycles. The van der Waals surface area contributed by atoms with Crippen molar-refractivity contribution in [2.75, 3.05) is 7.11 Å². The first-order chi connectivity index (χ1) is 7.47. The van der Waals surface area contributed by atoms with Gasteiger partial charge < -0.3 is 9.84 Å². The predicted octanol–water partition coefficient (Wildman–Crippen LogP) is 2.73. The summed E-state index contributed by atoms with van der Waals surface area (Å²) in [6, 6.07) is 2.86. The lowest BCUT2D eigenvalue weighted by atomic mass is 10.0. The van der Waals surface area contributed by atoms with Gasteiger partial charge in [0.15, 0.2) is 11.6 Å². The molecule has 0 radical (unpaired) electrons. The van der Waals surface area contributed by atoms with Crippen LogP contribution in [0.15, 0.2) is 12.1 Å². The molecule has 0 spiro atoms. The van der Waals surface area contributed by atoms with E-state index in [-0.39, 0.29) is 23.7 Å². The highest BCUT2D eigenvalue weighted by Crippen LogP contribution is 2.25. The van der Waals surface area contributed by atoms with Crippen LogP contribution in [0.2, 0.25) is 0 Å². The lowest BCUT2D eigenvalue weighted by Crippen LogP contribution is -2.13. The van der Waals surface area contributed by atoms with Crippen molar-refractivity contribution in [3.63, 3.8) is 0 Å². The maximum atomic E-state index is 13.5. The Morgan fingerprint density at radius 3 is 2.50 bits per heavy atom. The molecule has 16 heavy (non-hydrogen) atoms. The smallest absolute Gasteiger partial charge is 0.164 e. The minimum absolute atomic E-state index is 0.0213. The Morgan fingerprint density at radius 2 is 1.94 bits per heavy atom. The quantitative estimate of drug-likeness (QED) is 0.861. The Bertz CT molecular complexity index is 366. The van der Waals surface area contributed by atoms with E-state index in [1.165, 1.54) is 26.2 Å². The first kappa shape index (κ1) is 13.1. The molecule has 2 unspecified atom stereocenters. The molecule has 0 aliphatic rings. The standard InChI is InChI=1S/C12H16F2O2/c1-7-4-5-9(12(14)11(7)13)10(15)6-8(2)16-3/h4-5,8,10,15H,6H2,1-3H3. The first-order valence-electron chi connectivity index (χ1n) is 5.12. The maximum absolute atomic E-state index is 13.5. The number of aryl methyl sites for hydroxylation is 1. The zero-order valence-corrected chi connectivity index (χ0v) is 9.63. The maximum Gasteiger partial charge on any atom is 0.164 e. The molecule has 0 aliphatic heterocycles. The van der Waals surface area contributed by atoms with Gasteiger partial charge in [-0.1, -0.05) is 12.1 Å².